The third-order valence-corrected chi connectivity index (χ3v) is 1.30. The summed E-state index contributed by atoms with van der Waals surface area (Å²) in [4.78, 5) is 0. The number of hydrogen-bond donors (Lipinski definition) is 0. The fourth-order valence-corrected chi connectivity index (χ4v) is 0.754. The van der Waals surface area contributed by atoms with Crippen LogP contribution in [0, 0.1) is 0 Å². The smallest absolute Gasteiger partial charge is 1.00 e. The van der Waals surface area contributed by atoms with Gasteiger partial charge in [-0.15, -0.1) is 0 Å². The van der Waals surface area contributed by atoms with Gasteiger partial charge in [0.25, 0.3) is 0 Å². The third-order valence-electron chi connectivity index (χ3n) is 1.30. The van der Waals surface area contributed by atoms with Crippen molar-refractivity contribution in [1.82, 2.24) is 0 Å². The molecular weight excluding hydrogens is 229 g/mol. The molecule has 0 spiro atoms. The van der Waals surface area contributed by atoms with Gasteiger partial charge >= 0.3 is 34.4 Å². The molecule has 0 aromatic heterocycles. The largest absolute Gasteiger partial charge is 1.00 e. The Kier molecular flexibility index (Phi) is 3.14. The van der Waals surface area contributed by atoms with Crippen molar-refractivity contribution in [2.45, 2.75) is 19.8 Å². The first-order valence-corrected chi connectivity index (χ1v) is 5.82. The molecule has 0 saturated carbocycles. The van der Waals surface area contributed by atoms with Crippen LogP contribution in [-0.2, 0) is 0 Å². The van der Waals surface area contributed by atoms with E-state index in [-0.39, 0.29) is 1.43 Å². The summed E-state index contributed by atoms with van der Waals surface area (Å²) in [7, 11) is -10.7. The van der Waals surface area contributed by atoms with Gasteiger partial charge in [0.1, 0.15) is 0 Å². The molecule has 0 saturated heterocycles. The zero-order chi connectivity index (χ0) is 11.5. The molecule has 0 bridgehead atoms. The standard InChI is InChI=1S/C7H10.F6P/c1-2-7-5-3-4-6-7;1-7(2,3,4,5)6/h3-5H,2,6H2,1H3;/q;-1/p+1. The molecular formula is C7H11F6P. The molecule has 0 N–H and O–H groups in total. The van der Waals surface area contributed by atoms with Crippen LogP contribution in [-0.4, -0.2) is 0 Å². The van der Waals surface area contributed by atoms with Crippen LogP contribution in [0.15, 0.2) is 23.8 Å². The Morgan fingerprint density at radius 2 is 1.64 bits per heavy atom. The van der Waals surface area contributed by atoms with Crippen LogP contribution >= 0.6 is 7.81 Å². The first kappa shape index (κ1) is 13.5. The number of rotatable bonds is 1. The Hall–Kier alpha value is -0.510. The van der Waals surface area contributed by atoms with Gasteiger partial charge in [-0.05, 0) is 12.8 Å². The molecule has 1 aliphatic rings. The quantitative estimate of drug-likeness (QED) is 0.402. The molecule has 0 aliphatic heterocycles. The molecule has 0 nitrogen and oxygen atoms in total. The fourth-order valence-electron chi connectivity index (χ4n) is 0.754. The zero-order valence-corrected chi connectivity index (χ0v) is 8.26. The van der Waals surface area contributed by atoms with E-state index < -0.39 is 7.81 Å². The molecule has 0 amide bonds. The minimum Gasteiger partial charge on any atom is 1.00 e. The van der Waals surface area contributed by atoms with E-state index in [4.69, 9.17) is 0 Å². The van der Waals surface area contributed by atoms with Gasteiger partial charge in [-0.3, -0.25) is 0 Å². The average Bonchev–Trinajstić information content (AvgIpc) is 2.29. The average molecular weight is 240 g/mol. The Morgan fingerprint density at radius 1 is 1.21 bits per heavy atom. The molecule has 86 valence electrons. The van der Waals surface area contributed by atoms with Crippen molar-refractivity contribution in [2.75, 3.05) is 0 Å². The molecule has 1 rings (SSSR count). The predicted octanol–water partition coefficient (Wildman–Crippen LogP) is 5.78. The normalized spacial score (nSPS) is 20.4. The molecule has 0 atom stereocenters. The van der Waals surface area contributed by atoms with Crippen LogP contribution in [0.5, 0.6) is 0 Å². The Labute approximate surface area is 79.0 Å². The van der Waals surface area contributed by atoms with Gasteiger partial charge in [0.2, 0.25) is 0 Å². The minimum atomic E-state index is -10.7. The van der Waals surface area contributed by atoms with E-state index in [9.17, 15) is 25.2 Å². The molecule has 1 aliphatic carbocycles. The van der Waals surface area contributed by atoms with Crippen molar-refractivity contribution in [1.29, 1.82) is 0 Å². The van der Waals surface area contributed by atoms with E-state index in [1.54, 1.807) is 5.57 Å². The fraction of sp³-hybridized carbons (Fsp3) is 0.429. The van der Waals surface area contributed by atoms with Crippen LogP contribution in [0.2, 0.25) is 0 Å². The summed E-state index contributed by atoms with van der Waals surface area (Å²) in [6.07, 6.45) is 8.92. The monoisotopic (exact) mass is 240 g/mol. The molecule has 0 unspecified atom stereocenters. The first-order chi connectivity index (χ1) is 5.88. The molecule has 0 fully saturated rings. The molecule has 0 heterocycles. The van der Waals surface area contributed by atoms with Crippen molar-refractivity contribution in [3.63, 3.8) is 0 Å². The second-order valence-corrected chi connectivity index (χ2v) is 4.69. The maximum Gasteiger partial charge on any atom is 1.00 e. The number of halogens is 6. The maximum atomic E-state index is 9.87. The predicted molar refractivity (Wildman–Crippen MR) is 46.8 cm³/mol. The molecule has 7 heteroatoms. The van der Waals surface area contributed by atoms with Crippen LogP contribution in [0.4, 0.5) is 25.2 Å². The van der Waals surface area contributed by atoms with E-state index in [1.807, 2.05) is 0 Å². The van der Waals surface area contributed by atoms with Crippen molar-refractivity contribution in [3.05, 3.63) is 23.8 Å². The van der Waals surface area contributed by atoms with Crippen LogP contribution in [0.3, 0.4) is 0 Å². The third kappa shape index (κ3) is 17.5. The summed E-state index contributed by atoms with van der Waals surface area (Å²) < 4.78 is 59.2. The van der Waals surface area contributed by atoms with Crippen molar-refractivity contribution in [3.8, 4) is 0 Å². The maximum absolute atomic E-state index is 10.7. The van der Waals surface area contributed by atoms with Gasteiger partial charge < -0.3 is 0 Å². The van der Waals surface area contributed by atoms with E-state index in [2.05, 4.69) is 25.2 Å². The van der Waals surface area contributed by atoms with Crippen molar-refractivity contribution < 1.29 is 26.6 Å². The van der Waals surface area contributed by atoms with E-state index in [0.717, 1.165) is 0 Å². The summed E-state index contributed by atoms with van der Waals surface area (Å²) in [6, 6.07) is 0. The van der Waals surface area contributed by atoms with Gasteiger partial charge in [-0.2, -0.15) is 0 Å². The number of hydrogen-bond acceptors (Lipinski definition) is 0. The first-order valence-electron chi connectivity index (χ1n) is 3.79. The molecule has 0 aromatic carbocycles. The van der Waals surface area contributed by atoms with Gasteiger partial charge in [0.15, 0.2) is 0 Å². The second-order valence-electron chi connectivity index (χ2n) is 2.77. The SMILES string of the molecule is CCC1=CC=CC1.F[P-](F)(F)(F)(F)F.[H+]. The summed E-state index contributed by atoms with van der Waals surface area (Å²) in [5, 5.41) is 0. The minimum absolute atomic E-state index is 0. The summed E-state index contributed by atoms with van der Waals surface area (Å²) in [6.45, 7) is 2.19. The van der Waals surface area contributed by atoms with E-state index in [0.29, 0.717) is 0 Å². The van der Waals surface area contributed by atoms with Crippen molar-refractivity contribution >= 4 is 7.81 Å². The Morgan fingerprint density at radius 3 is 1.79 bits per heavy atom. The summed E-state index contributed by atoms with van der Waals surface area (Å²) >= 11 is 0. The van der Waals surface area contributed by atoms with E-state index in [1.165, 1.54) is 12.8 Å². The van der Waals surface area contributed by atoms with Gasteiger partial charge in [-0.1, -0.05) is 30.7 Å². The second kappa shape index (κ2) is 3.26. The topological polar surface area (TPSA) is 0 Å². The van der Waals surface area contributed by atoms with Crippen LogP contribution < -0.4 is 0 Å². The van der Waals surface area contributed by atoms with Gasteiger partial charge in [0.05, 0.1) is 0 Å². The molecule has 0 aromatic rings. The molecule has 14 heavy (non-hydrogen) atoms. The van der Waals surface area contributed by atoms with E-state index >= 15 is 0 Å². The van der Waals surface area contributed by atoms with Crippen molar-refractivity contribution in [2.24, 2.45) is 0 Å². The van der Waals surface area contributed by atoms with Crippen LogP contribution in [0.1, 0.15) is 21.2 Å². The van der Waals surface area contributed by atoms with Crippen LogP contribution in [0.25, 0.3) is 0 Å². The molecule has 0 radical (unpaired) electrons. The van der Waals surface area contributed by atoms with Gasteiger partial charge in [0, 0.05) is 0 Å². The number of allylic oxidation sites excluding steroid dienone is 4. The van der Waals surface area contributed by atoms with Gasteiger partial charge in [-0.25, -0.2) is 0 Å². The Balaban J connectivity index is 0. The summed E-state index contributed by atoms with van der Waals surface area (Å²) in [5.41, 5.74) is 1.56. The summed E-state index contributed by atoms with van der Waals surface area (Å²) in [5.74, 6) is 0. The zero-order valence-electron chi connectivity index (χ0n) is 8.36. The Bertz CT molecular complexity index is 249.